The van der Waals surface area contributed by atoms with Gasteiger partial charge in [0.2, 0.25) is 5.88 Å². The van der Waals surface area contributed by atoms with Crippen molar-refractivity contribution in [3.63, 3.8) is 0 Å². The van der Waals surface area contributed by atoms with Gasteiger partial charge in [-0.1, -0.05) is 11.6 Å². The van der Waals surface area contributed by atoms with Crippen molar-refractivity contribution in [2.24, 2.45) is 0 Å². The van der Waals surface area contributed by atoms with Crippen LogP contribution in [0.3, 0.4) is 0 Å². The Morgan fingerprint density at radius 3 is 2.79 bits per heavy atom. The largest absolute Gasteiger partial charge is 0.481 e. The first-order valence-corrected chi connectivity index (χ1v) is 4.68. The number of ether oxygens (including phenoxy) is 1. The number of nitrogens with zero attached hydrogens (tertiary/aromatic N) is 1. The van der Waals surface area contributed by atoms with Gasteiger partial charge in [-0.3, -0.25) is 0 Å². The van der Waals surface area contributed by atoms with Gasteiger partial charge in [0.05, 0.1) is 7.11 Å². The van der Waals surface area contributed by atoms with Gasteiger partial charge >= 0.3 is 0 Å². The normalized spacial score (nSPS) is 18.8. The van der Waals surface area contributed by atoms with Crippen molar-refractivity contribution >= 4 is 11.6 Å². The van der Waals surface area contributed by atoms with Crippen molar-refractivity contribution in [2.75, 3.05) is 20.2 Å². The predicted octanol–water partition coefficient (Wildman–Crippen LogP) is 0.534. The molecule has 1 aromatic rings. The summed E-state index contributed by atoms with van der Waals surface area (Å²) in [7, 11) is 1.51. The first-order chi connectivity index (χ1) is 6.65. The third-order valence-electron chi connectivity index (χ3n) is 2.36. The van der Waals surface area contributed by atoms with Crippen LogP contribution >= 0.6 is 11.6 Å². The third kappa shape index (κ3) is 1.45. The quantitative estimate of drug-likeness (QED) is 0.706. The van der Waals surface area contributed by atoms with E-state index in [0.717, 1.165) is 0 Å². The smallest absolute Gasteiger partial charge is 0.220 e. The number of hydrogen-bond acceptors (Lipinski definition) is 4. The van der Waals surface area contributed by atoms with E-state index in [4.69, 9.17) is 16.3 Å². The monoisotopic (exact) mass is 214 g/mol. The molecule has 0 unspecified atom stereocenters. The highest BCUT2D eigenvalue weighted by molar-refractivity contribution is 6.29. The molecule has 0 bridgehead atoms. The van der Waals surface area contributed by atoms with Crippen LogP contribution in [-0.2, 0) is 5.60 Å². The van der Waals surface area contributed by atoms with Crippen LogP contribution in [0.4, 0.5) is 0 Å². The lowest BCUT2D eigenvalue weighted by Crippen LogP contribution is -2.56. The standard InChI is InChI=1S/C9H11ClN2O2/c1-14-8-6(2-3-7(10)12-8)9(13)4-11-5-9/h2-3,11,13H,4-5H2,1H3. The molecule has 0 radical (unpaired) electrons. The Morgan fingerprint density at radius 2 is 2.29 bits per heavy atom. The lowest BCUT2D eigenvalue weighted by Gasteiger charge is -2.38. The molecule has 1 fully saturated rings. The van der Waals surface area contributed by atoms with Crippen LogP contribution in [0, 0.1) is 0 Å². The van der Waals surface area contributed by atoms with Crippen LogP contribution < -0.4 is 10.1 Å². The van der Waals surface area contributed by atoms with Crippen LogP contribution in [0.25, 0.3) is 0 Å². The molecule has 1 aromatic heterocycles. The molecule has 4 nitrogen and oxygen atoms in total. The van der Waals surface area contributed by atoms with Gasteiger partial charge in [-0.25, -0.2) is 4.98 Å². The molecule has 76 valence electrons. The first kappa shape index (κ1) is 9.71. The highest BCUT2D eigenvalue weighted by Gasteiger charge is 2.39. The molecule has 1 aliphatic heterocycles. The average molecular weight is 215 g/mol. The van der Waals surface area contributed by atoms with Crippen molar-refractivity contribution in [3.05, 3.63) is 22.8 Å². The zero-order chi connectivity index (χ0) is 10.2. The fourth-order valence-electron chi connectivity index (χ4n) is 1.48. The number of pyridine rings is 1. The Morgan fingerprint density at radius 1 is 1.57 bits per heavy atom. The van der Waals surface area contributed by atoms with Gasteiger partial charge in [0.15, 0.2) is 0 Å². The maximum absolute atomic E-state index is 10.1. The third-order valence-corrected chi connectivity index (χ3v) is 2.57. The molecule has 0 aliphatic carbocycles. The summed E-state index contributed by atoms with van der Waals surface area (Å²) < 4.78 is 5.06. The molecule has 14 heavy (non-hydrogen) atoms. The van der Waals surface area contributed by atoms with Gasteiger partial charge in [-0.15, -0.1) is 0 Å². The maximum Gasteiger partial charge on any atom is 0.220 e. The first-order valence-electron chi connectivity index (χ1n) is 4.30. The second-order valence-corrected chi connectivity index (χ2v) is 3.71. The van der Waals surface area contributed by atoms with E-state index in [0.29, 0.717) is 29.7 Å². The maximum atomic E-state index is 10.1. The van der Waals surface area contributed by atoms with E-state index in [1.54, 1.807) is 12.1 Å². The fraction of sp³-hybridized carbons (Fsp3) is 0.444. The molecule has 0 spiro atoms. The topological polar surface area (TPSA) is 54.4 Å². The van der Waals surface area contributed by atoms with Gasteiger partial charge < -0.3 is 15.2 Å². The molecular weight excluding hydrogens is 204 g/mol. The van der Waals surface area contributed by atoms with E-state index in [9.17, 15) is 5.11 Å². The number of rotatable bonds is 2. The van der Waals surface area contributed by atoms with E-state index < -0.39 is 5.60 Å². The van der Waals surface area contributed by atoms with Crippen LogP contribution in [-0.4, -0.2) is 30.3 Å². The molecule has 0 saturated carbocycles. The van der Waals surface area contributed by atoms with Gasteiger partial charge in [-0.05, 0) is 12.1 Å². The Bertz CT molecular complexity index is 353. The van der Waals surface area contributed by atoms with Gasteiger partial charge in [0, 0.05) is 18.7 Å². The van der Waals surface area contributed by atoms with Crippen molar-refractivity contribution in [1.29, 1.82) is 0 Å². The van der Waals surface area contributed by atoms with Crippen molar-refractivity contribution in [2.45, 2.75) is 5.60 Å². The van der Waals surface area contributed by atoms with E-state index in [1.165, 1.54) is 7.11 Å². The zero-order valence-corrected chi connectivity index (χ0v) is 8.51. The molecule has 2 heterocycles. The van der Waals surface area contributed by atoms with Crippen molar-refractivity contribution in [3.8, 4) is 5.88 Å². The number of nitrogens with one attached hydrogen (secondary N) is 1. The van der Waals surface area contributed by atoms with Gasteiger partial charge in [0.25, 0.3) is 0 Å². The number of β-amino-alcohol motifs (C(OH)–C–C–N with tert-alkyl or cyclic N) is 1. The molecule has 5 heteroatoms. The lowest BCUT2D eigenvalue weighted by atomic mass is 9.89. The minimum atomic E-state index is -0.858. The predicted molar refractivity (Wildman–Crippen MR) is 52.6 cm³/mol. The van der Waals surface area contributed by atoms with Gasteiger partial charge in [-0.2, -0.15) is 0 Å². The molecule has 0 atom stereocenters. The SMILES string of the molecule is COc1nc(Cl)ccc1C1(O)CNC1. The molecule has 1 saturated heterocycles. The van der Waals surface area contributed by atoms with E-state index in [2.05, 4.69) is 10.3 Å². The summed E-state index contributed by atoms with van der Waals surface area (Å²) >= 11 is 5.72. The van der Waals surface area contributed by atoms with Crippen molar-refractivity contribution in [1.82, 2.24) is 10.3 Å². The molecule has 0 aromatic carbocycles. The van der Waals surface area contributed by atoms with Crippen LogP contribution in [0.15, 0.2) is 12.1 Å². The van der Waals surface area contributed by atoms with E-state index in [-0.39, 0.29) is 0 Å². The molecule has 2 rings (SSSR count). The summed E-state index contributed by atoms with van der Waals surface area (Å²) in [4.78, 5) is 4.00. The second kappa shape index (κ2) is 3.38. The number of halogens is 1. The zero-order valence-electron chi connectivity index (χ0n) is 7.75. The summed E-state index contributed by atoms with van der Waals surface area (Å²) in [5, 5.41) is 13.4. The van der Waals surface area contributed by atoms with E-state index >= 15 is 0 Å². The van der Waals surface area contributed by atoms with Crippen LogP contribution in [0.5, 0.6) is 5.88 Å². The average Bonchev–Trinajstić information content (AvgIpc) is 2.14. The Kier molecular flexibility index (Phi) is 2.34. The highest BCUT2D eigenvalue weighted by Crippen LogP contribution is 2.32. The summed E-state index contributed by atoms with van der Waals surface area (Å²) in [6, 6.07) is 3.39. The minimum absolute atomic E-state index is 0.362. The number of aliphatic hydroxyl groups is 1. The summed E-state index contributed by atoms with van der Waals surface area (Å²) in [5.74, 6) is 0.390. The molecule has 1 aliphatic rings. The molecule has 0 amide bonds. The Labute approximate surface area is 86.9 Å². The highest BCUT2D eigenvalue weighted by atomic mass is 35.5. The molecule has 2 N–H and O–H groups in total. The van der Waals surface area contributed by atoms with E-state index in [1.807, 2.05) is 0 Å². The Balaban J connectivity index is 2.41. The number of aromatic nitrogens is 1. The van der Waals surface area contributed by atoms with Crippen LogP contribution in [0.2, 0.25) is 5.15 Å². The van der Waals surface area contributed by atoms with Gasteiger partial charge in [0.1, 0.15) is 10.8 Å². The Hall–Kier alpha value is -0.840. The van der Waals surface area contributed by atoms with Crippen LogP contribution in [0.1, 0.15) is 5.56 Å². The minimum Gasteiger partial charge on any atom is -0.481 e. The second-order valence-electron chi connectivity index (χ2n) is 3.33. The fourth-order valence-corrected chi connectivity index (χ4v) is 1.62. The molecular formula is C9H11ClN2O2. The lowest BCUT2D eigenvalue weighted by molar-refractivity contribution is -0.0169. The summed E-state index contributed by atoms with van der Waals surface area (Å²) in [6.07, 6.45) is 0. The van der Waals surface area contributed by atoms with Crippen molar-refractivity contribution < 1.29 is 9.84 Å². The number of hydrogen-bond donors (Lipinski definition) is 2. The summed E-state index contributed by atoms with van der Waals surface area (Å²) in [5.41, 5.74) is -0.175. The number of methoxy groups -OCH3 is 1. The summed E-state index contributed by atoms with van der Waals surface area (Å²) in [6.45, 7) is 1.04.